The van der Waals surface area contributed by atoms with E-state index in [4.69, 9.17) is 21.1 Å². The molecule has 0 amide bonds. The van der Waals surface area contributed by atoms with Crippen molar-refractivity contribution in [3.05, 3.63) is 63.9 Å². The molecule has 0 saturated carbocycles. The van der Waals surface area contributed by atoms with Gasteiger partial charge in [0.15, 0.2) is 12.8 Å². The van der Waals surface area contributed by atoms with E-state index in [9.17, 15) is 4.39 Å². The van der Waals surface area contributed by atoms with E-state index in [2.05, 4.69) is 15.6 Å². The number of rotatable bonds is 4. The maximum absolute atomic E-state index is 13.8. The third-order valence-corrected chi connectivity index (χ3v) is 4.19. The molecule has 2 aromatic carbocycles. The maximum Gasteiger partial charge on any atom is 0.191 e. The first-order valence-corrected chi connectivity index (χ1v) is 8.25. The van der Waals surface area contributed by atoms with Crippen molar-refractivity contribution >= 4 is 17.6 Å². The van der Waals surface area contributed by atoms with Gasteiger partial charge < -0.3 is 20.1 Å². The van der Waals surface area contributed by atoms with E-state index < -0.39 is 0 Å². The molecule has 0 unspecified atom stereocenters. The Morgan fingerprint density at radius 3 is 2.72 bits per heavy atom. The maximum atomic E-state index is 13.8. The molecule has 25 heavy (non-hydrogen) atoms. The van der Waals surface area contributed by atoms with Crippen LogP contribution in [0.5, 0.6) is 5.75 Å². The molecule has 1 aliphatic rings. The van der Waals surface area contributed by atoms with Crippen molar-refractivity contribution in [1.82, 2.24) is 10.6 Å². The van der Waals surface area contributed by atoms with Crippen molar-refractivity contribution in [2.24, 2.45) is 4.99 Å². The third-order valence-electron chi connectivity index (χ3n) is 3.83. The number of ether oxygens (including phenoxy) is 2. The van der Waals surface area contributed by atoms with E-state index in [-0.39, 0.29) is 12.6 Å². The standard InChI is InChI=1S/C18H19ClFN3O2/c1-21-18(22-8-12-4-2-3-5-16(12)19)23-9-13-6-15(20)7-14-10-24-11-25-17(13)14/h2-7H,8-11H2,1H3,(H2,21,22,23). The number of aliphatic imine (C=N–C) groups is 1. The monoisotopic (exact) mass is 363 g/mol. The van der Waals surface area contributed by atoms with Gasteiger partial charge in [-0.2, -0.15) is 0 Å². The molecule has 0 bridgehead atoms. The van der Waals surface area contributed by atoms with Crippen LogP contribution >= 0.6 is 11.6 Å². The van der Waals surface area contributed by atoms with Crippen LogP contribution < -0.4 is 15.4 Å². The second kappa shape index (κ2) is 8.18. The van der Waals surface area contributed by atoms with Crippen molar-refractivity contribution in [3.63, 3.8) is 0 Å². The number of fused-ring (bicyclic) bond motifs is 1. The van der Waals surface area contributed by atoms with Gasteiger partial charge in [-0.05, 0) is 23.8 Å². The minimum atomic E-state index is -0.316. The summed E-state index contributed by atoms with van der Waals surface area (Å²) in [5.74, 6) is 0.940. The largest absolute Gasteiger partial charge is 0.467 e. The van der Waals surface area contributed by atoms with Crippen LogP contribution in [0.1, 0.15) is 16.7 Å². The molecule has 0 radical (unpaired) electrons. The van der Waals surface area contributed by atoms with Crippen molar-refractivity contribution in [3.8, 4) is 5.75 Å². The number of nitrogens with zero attached hydrogens (tertiary/aromatic N) is 1. The lowest BCUT2D eigenvalue weighted by Gasteiger charge is -2.21. The Morgan fingerprint density at radius 2 is 1.96 bits per heavy atom. The summed E-state index contributed by atoms with van der Waals surface area (Å²) in [6.45, 7) is 1.43. The summed E-state index contributed by atoms with van der Waals surface area (Å²) in [4.78, 5) is 4.17. The van der Waals surface area contributed by atoms with Gasteiger partial charge in [0.1, 0.15) is 11.6 Å². The molecule has 3 rings (SSSR count). The highest BCUT2D eigenvalue weighted by molar-refractivity contribution is 6.31. The third kappa shape index (κ3) is 4.41. The Balaban J connectivity index is 1.64. The normalized spacial score (nSPS) is 13.8. The minimum Gasteiger partial charge on any atom is -0.467 e. The zero-order valence-corrected chi connectivity index (χ0v) is 14.6. The molecule has 7 heteroatoms. The van der Waals surface area contributed by atoms with E-state index in [1.54, 1.807) is 7.05 Å². The van der Waals surface area contributed by atoms with Crippen molar-refractivity contribution in [2.75, 3.05) is 13.8 Å². The fraction of sp³-hybridized carbons (Fsp3) is 0.278. The number of nitrogens with one attached hydrogen (secondary N) is 2. The van der Waals surface area contributed by atoms with Gasteiger partial charge in [-0.3, -0.25) is 4.99 Å². The number of halogens is 2. The molecule has 0 spiro atoms. The molecule has 2 N–H and O–H groups in total. The summed E-state index contributed by atoms with van der Waals surface area (Å²) in [5.41, 5.74) is 2.40. The number of hydrogen-bond donors (Lipinski definition) is 2. The molecule has 0 aliphatic carbocycles. The quantitative estimate of drug-likeness (QED) is 0.647. The molecule has 1 aliphatic heterocycles. The molecule has 0 aromatic heterocycles. The average Bonchev–Trinajstić information content (AvgIpc) is 2.62. The SMILES string of the molecule is CN=C(NCc1ccccc1Cl)NCc1cc(F)cc2c1OCOC2. The number of guanidine groups is 1. The highest BCUT2D eigenvalue weighted by Gasteiger charge is 2.17. The van der Waals surface area contributed by atoms with Gasteiger partial charge in [-0.1, -0.05) is 29.8 Å². The molecule has 5 nitrogen and oxygen atoms in total. The van der Waals surface area contributed by atoms with Crippen LogP contribution in [0.25, 0.3) is 0 Å². The number of benzene rings is 2. The Kier molecular flexibility index (Phi) is 5.73. The van der Waals surface area contributed by atoms with Gasteiger partial charge in [0, 0.05) is 36.3 Å². The molecule has 0 fully saturated rings. The molecule has 1 heterocycles. The van der Waals surface area contributed by atoms with Crippen LogP contribution in [0.15, 0.2) is 41.4 Å². The van der Waals surface area contributed by atoms with Gasteiger partial charge in [-0.15, -0.1) is 0 Å². The van der Waals surface area contributed by atoms with Crippen molar-refractivity contribution in [2.45, 2.75) is 19.7 Å². The van der Waals surface area contributed by atoms with Crippen LogP contribution in [-0.2, 0) is 24.4 Å². The lowest BCUT2D eigenvalue weighted by molar-refractivity contribution is -0.0172. The fourth-order valence-electron chi connectivity index (χ4n) is 2.61. The Labute approximate surface area is 150 Å². The van der Waals surface area contributed by atoms with Gasteiger partial charge in [0.05, 0.1) is 6.61 Å². The van der Waals surface area contributed by atoms with Gasteiger partial charge in [-0.25, -0.2) is 4.39 Å². The van der Waals surface area contributed by atoms with Gasteiger partial charge in [0.2, 0.25) is 0 Å². The van der Waals surface area contributed by atoms with Gasteiger partial charge >= 0.3 is 0 Å². The predicted molar refractivity (Wildman–Crippen MR) is 95.2 cm³/mol. The van der Waals surface area contributed by atoms with Crippen molar-refractivity contribution in [1.29, 1.82) is 0 Å². The minimum absolute atomic E-state index is 0.172. The second-order valence-electron chi connectivity index (χ2n) is 5.53. The van der Waals surface area contributed by atoms with Crippen LogP contribution in [-0.4, -0.2) is 19.8 Å². The van der Waals surface area contributed by atoms with Crippen LogP contribution in [0.4, 0.5) is 4.39 Å². The van der Waals surface area contributed by atoms with Crippen molar-refractivity contribution < 1.29 is 13.9 Å². The molecular formula is C18H19ClFN3O2. The zero-order valence-electron chi connectivity index (χ0n) is 13.8. The van der Waals surface area contributed by atoms with E-state index in [0.29, 0.717) is 42.0 Å². The van der Waals surface area contributed by atoms with Crippen LogP contribution in [0, 0.1) is 5.82 Å². The Morgan fingerprint density at radius 1 is 1.20 bits per heavy atom. The zero-order chi connectivity index (χ0) is 17.6. The topological polar surface area (TPSA) is 54.9 Å². The average molecular weight is 364 g/mol. The van der Waals surface area contributed by atoms with E-state index >= 15 is 0 Å². The molecule has 132 valence electrons. The lowest BCUT2D eigenvalue weighted by Crippen LogP contribution is -2.36. The van der Waals surface area contributed by atoms with Crippen LogP contribution in [0.2, 0.25) is 5.02 Å². The molecule has 0 saturated heterocycles. The first-order valence-electron chi connectivity index (χ1n) is 7.87. The lowest BCUT2D eigenvalue weighted by atomic mass is 10.1. The van der Waals surface area contributed by atoms with Crippen LogP contribution in [0.3, 0.4) is 0 Å². The fourth-order valence-corrected chi connectivity index (χ4v) is 2.81. The smallest absolute Gasteiger partial charge is 0.191 e. The van der Waals surface area contributed by atoms with E-state index in [1.807, 2.05) is 24.3 Å². The molecule has 0 atom stereocenters. The first-order chi connectivity index (χ1) is 12.2. The molecular weight excluding hydrogens is 345 g/mol. The highest BCUT2D eigenvalue weighted by atomic mass is 35.5. The molecule has 2 aromatic rings. The summed E-state index contributed by atoms with van der Waals surface area (Å²) >= 11 is 6.15. The summed E-state index contributed by atoms with van der Waals surface area (Å²) in [6, 6.07) is 10.5. The highest BCUT2D eigenvalue weighted by Crippen LogP contribution is 2.29. The summed E-state index contributed by atoms with van der Waals surface area (Å²) in [6.07, 6.45) is 0. The first kappa shape index (κ1) is 17.5. The van der Waals surface area contributed by atoms with Gasteiger partial charge in [0.25, 0.3) is 0 Å². The summed E-state index contributed by atoms with van der Waals surface area (Å²) in [7, 11) is 1.67. The Hall–Kier alpha value is -2.31. The van der Waals surface area contributed by atoms with E-state index in [0.717, 1.165) is 11.1 Å². The Bertz CT molecular complexity index is 783. The van der Waals surface area contributed by atoms with E-state index in [1.165, 1.54) is 12.1 Å². The summed E-state index contributed by atoms with van der Waals surface area (Å²) in [5, 5.41) is 7.04. The summed E-state index contributed by atoms with van der Waals surface area (Å²) < 4.78 is 24.5. The predicted octanol–water partition coefficient (Wildman–Crippen LogP) is 3.21. The second-order valence-corrected chi connectivity index (χ2v) is 5.94. The number of hydrogen-bond acceptors (Lipinski definition) is 3.